The van der Waals surface area contributed by atoms with Crippen LogP contribution in [0.5, 0.6) is 0 Å². The van der Waals surface area contributed by atoms with E-state index in [9.17, 15) is 22.4 Å². The van der Waals surface area contributed by atoms with E-state index in [1.54, 1.807) is 61.5 Å². The van der Waals surface area contributed by atoms with Crippen LogP contribution in [-0.4, -0.2) is 31.4 Å². The molecular weight excluding hydrogens is 531 g/mol. The van der Waals surface area contributed by atoms with Gasteiger partial charge in [-0.1, -0.05) is 60.7 Å². The van der Waals surface area contributed by atoms with Gasteiger partial charge in [0.2, 0.25) is 5.91 Å². The van der Waals surface area contributed by atoms with E-state index in [4.69, 9.17) is 5.11 Å². The van der Waals surface area contributed by atoms with E-state index in [0.29, 0.717) is 11.3 Å². The Morgan fingerprint density at radius 3 is 2.30 bits per heavy atom. The number of para-hydroxylation sites is 1. The number of amides is 1. The highest BCUT2D eigenvalue weighted by atomic mass is 32.2. The van der Waals surface area contributed by atoms with Gasteiger partial charge in [-0.15, -0.1) is 0 Å². The number of rotatable bonds is 8. The van der Waals surface area contributed by atoms with E-state index in [2.05, 4.69) is 5.32 Å². The molecule has 204 valence electrons. The number of carbonyl (C=O) groups is 2. The largest absolute Gasteiger partial charge is 0.481 e. The number of nitrogens with one attached hydrogen (secondary N) is 1. The van der Waals surface area contributed by atoms with Gasteiger partial charge in [-0.3, -0.25) is 13.9 Å². The van der Waals surface area contributed by atoms with Crippen molar-refractivity contribution in [2.75, 3.05) is 4.31 Å². The number of carboxylic acid groups (broad SMARTS) is 1. The third-order valence-electron chi connectivity index (χ3n) is 6.98. The molecule has 0 saturated heterocycles. The van der Waals surface area contributed by atoms with Gasteiger partial charge in [-0.25, -0.2) is 12.8 Å². The lowest BCUT2D eigenvalue weighted by Gasteiger charge is -2.26. The average Bonchev–Trinajstić information content (AvgIpc) is 3.33. The zero-order valence-corrected chi connectivity index (χ0v) is 22.5. The van der Waals surface area contributed by atoms with Gasteiger partial charge in [-0.05, 0) is 70.6 Å². The molecular formula is C31H27FN2O5S. The summed E-state index contributed by atoms with van der Waals surface area (Å²) in [5.74, 6) is -1.70. The first-order chi connectivity index (χ1) is 19.1. The van der Waals surface area contributed by atoms with E-state index >= 15 is 0 Å². The number of aryl methyl sites for hydroxylation is 1. The third-order valence-corrected chi connectivity index (χ3v) is 8.82. The Hall–Kier alpha value is -4.50. The molecule has 4 aromatic carbocycles. The SMILES string of the molecule is Cc1cc(F)ccc1-c1ccc(S(=O)(=O)N2c3ccccc3C[C@H]2C(=O)NCc2ccc(CC(=O)O)cc2)cc1. The average molecular weight is 559 g/mol. The summed E-state index contributed by atoms with van der Waals surface area (Å²) in [6.07, 6.45) is 0.135. The van der Waals surface area contributed by atoms with Crippen LogP contribution < -0.4 is 9.62 Å². The quantitative estimate of drug-likeness (QED) is 0.321. The van der Waals surface area contributed by atoms with Gasteiger partial charge in [0.15, 0.2) is 0 Å². The maximum atomic E-state index is 13.9. The van der Waals surface area contributed by atoms with Gasteiger partial charge < -0.3 is 10.4 Å². The summed E-state index contributed by atoms with van der Waals surface area (Å²) in [5.41, 5.74) is 4.90. The Balaban J connectivity index is 1.39. The summed E-state index contributed by atoms with van der Waals surface area (Å²) in [5, 5.41) is 11.8. The minimum atomic E-state index is -4.11. The Morgan fingerprint density at radius 1 is 0.950 bits per heavy atom. The molecule has 1 aliphatic rings. The van der Waals surface area contributed by atoms with E-state index in [1.807, 2.05) is 12.1 Å². The Labute approximate surface area is 232 Å². The molecule has 0 spiro atoms. The molecule has 40 heavy (non-hydrogen) atoms. The van der Waals surface area contributed by atoms with Crippen LogP contribution in [0.3, 0.4) is 0 Å². The Bertz CT molecular complexity index is 1690. The number of benzene rings is 4. The van der Waals surface area contributed by atoms with Gasteiger partial charge in [0, 0.05) is 13.0 Å². The lowest BCUT2D eigenvalue weighted by atomic mass is 10.0. The Kier molecular flexibility index (Phi) is 7.40. The monoisotopic (exact) mass is 558 g/mol. The molecule has 1 amide bonds. The predicted molar refractivity (Wildman–Crippen MR) is 150 cm³/mol. The first kappa shape index (κ1) is 27.1. The first-order valence-corrected chi connectivity index (χ1v) is 14.1. The van der Waals surface area contributed by atoms with Crippen molar-refractivity contribution in [2.24, 2.45) is 0 Å². The molecule has 0 bridgehead atoms. The highest BCUT2D eigenvalue weighted by molar-refractivity contribution is 7.93. The Morgan fingerprint density at radius 2 is 1.62 bits per heavy atom. The summed E-state index contributed by atoms with van der Waals surface area (Å²) in [7, 11) is -4.11. The van der Waals surface area contributed by atoms with Crippen molar-refractivity contribution in [1.29, 1.82) is 0 Å². The number of hydrogen-bond acceptors (Lipinski definition) is 4. The smallest absolute Gasteiger partial charge is 0.307 e. The van der Waals surface area contributed by atoms with Gasteiger partial charge in [0.05, 0.1) is 17.0 Å². The minimum absolute atomic E-state index is 0.0412. The van der Waals surface area contributed by atoms with Gasteiger partial charge >= 0.3 is 5.97 Å². The molecule has 9 heteroatoms. The number of fused-ring (bicyclic) bond motifs is 1. The second-order valence-electron chi connectivity index (χ2n) is 9.74. The minimum Gasteiger partial charge on any atom is -0.481 e. The second kappa shape index (κ2) is 10.9. The molecule has 1 aliphatic heterocycles. The van der Waals surface area contributed by atoms with E-state index in [0.717, 1.165) is 27.8 Å². The van der Waals surface area contributed by atoms with Crippen LogP contribution in [0.2, 0.25) is 0 Å². The normalized spacial score (nSPS) is 14.6. The fraction of sp³-hybridized carbons (Fsp3) is 0.161. The van der Waals surface area contributed by atoms with Crippen LogP contribution in [0, 0.1) is 12.7 Å². The fourth-order valence-corrected chi connectivity index (χ4v) is 6.63. The van der Waals surface area contributed by atoms with E-state index in [1.165, 1.54) is 28.6 Å². The zero-order valence-electron chi connectivity index (χ0n) is 21.7. The maximum absolute atomic E-state index is 13.9. The topological polar surface area (TPSA) is 104 Å². The number of anilines is 1. The third kappa shape index (κ3) is 5.46. The number of carbonyl (C=O) groups excluding carboxylic acids is 1. The van der Waals surface area contributed by atoms with E-state index < -0.39 is 27.9 Å². The number of carboxylic acids is 1. The van der Waals surface area contributed by atoms with E-state index in [-0.39, 0.29) is 30.1 Å². The predicted octanol–water partition coefficient (Wildman–Crippen LogP) is 4.86. The van der Waals surface area contributed by atoms with Gasteiger partial charge in [0.1, 0.15) is 11.9 Å². The zero-order chi connectivity index (χ0) is 28.4. The van der Waals surface area contributed by atoms with Crippen LogP contribution >= 0.6 is 0 Å². The number of halogens is 1. The highest BCUT2D eigenvalue weighted by Gasteiger charge is 2.42. The number of nitrogens with zero attached hydrogens (tertiary/aromatic N) is 1. The summed E-state index contributed by atoms with van der Waals surface area (Å²) in [4.78, 5) is 24.3. The number of hydrogen-bond donors (Lipinski definition) is 2. The molecule has 2 N–H and O–H groups in total. The maximum Gasteiger partial charge on any atom is 0.307 e. The van der Waals surface area contributed by atoms with Crippen LogP contribution in [0.4, 0.5) is 10.1 Å². The van der Waals surface area contributed by atoms with Crippen molar-refractivity contribution < 1.29 is 27.5 Å². The molecule has 5 rings (SSSR count). The van der Waals surface area contributed by atoms with Crippen molar-refractivity contribution in [3.8, 4) is 11.1 Å². The first-order valence-electron chi connectivity index (χ1n) is 12.7. The van der Waals surface area contributed by atoms with Crippen LogP contribution in [0.1, 0.15) is 22.3 Å². The van der Waals surface area contributed by atoms with Crippen LogP contribution in [-0.2, 0) is 39.0 Å². The summed E-state index contributed by atoms with van der Waals surface area (Å²) in [6, 6.07) is 23.7. The molecule has 1 heterocycles. The van der Waals surface area contributed by atoms with Crippen LogP contribution in [0.15, 0.2) is 95.9 Å². The lowest BCUT2D eigenvalue weighted by molar-refractivity contribution is -0.136. The molecule has 0 aliphatic carbocycles. The second-order valence-corrected chi connectivity index (χ2v) is 11.6. The molecule has 1 atom stereocenters. The van der Waals surface area contributed by atoms with Crippen LogP contribution in [0.25, 0.3) is 11.1 Å². The highest BCUT2D eigenvalue weighted by Crippen LogP contribution is 2.37. The summed E-state index contributed by atoms with van der Waals surface area (Å²) >= 11 is 0. The number of aliphatic carboxylic acids is 1. The molecule has 0 unspecified atom stereocenters. The van der Waals surface area contributed by atoms with Crippen molar-refractivity contribution in [3.05, 3.63) is 119 Å². The van der Waals surface area contributed by atoms with Gasteiger partial charge in [-0.2, -0.15) is 0 Å². The van der Waals surface area contributed by atoms with Crippen molar-refractivity contribution >= 4 is 27.6 Å². The molecule has 0 aromatic heterocycles. The lowest BCUT2D eigenvalue weighted by Crippen LogP contribution is -2.47. The number of sulfonamides is 1. The molecule has 0 saturated carbocycles. The van der Waals surface area contributed by atoms with Crippen molar-refractivity contribution in [3.63, 3.8) is 0 Å². The van der Waals surface area contributed by atoms with Crippen molar-refractivity contribution in [2.45, 2.75) is 37.2 Å². The fourth-order valence-electron chi connectivity index (χ4n) is 4.98. The standard InChI is InChI=1S/C31H27FN2O5S/c1-20-16-25(32)12-15-27(20)23-10-13-26(14-11-23)40(38,39)34-28-5-3-2-4-24(28)18-29(34)31(37)33-19-22-8-6-21(7-9-22)17-30(35)36/h2-16,29H,17-19H2,1H3,(H,33,37)(H,35,36)/t29-/m0/s1. The van der Waals surface area contributed by atoms with Crippen molar-refractivity contribution in [1.82, 2.24) is 5.32 Å². The molecule has 0 fully saturated rings. The molecule has 7 nitrogen and oxygen atoms in total. The summed E-state index contributed by atoms with van der Waals surface area (Å²) in [6.45, 7) is 1.95. The summed E-state index contributed by atoms with van der Waals surface area (Å²) < 4.78 is 42.6. The molecule has 4 aromatic rings. The van der Waals surface area contributed by atoms with Gasteiger partial charge in [0.25, 0.3) is 10.0 Å². The molecule has 0 radical (unpaired) electrons.